The van der Waals surface area contributed by atoms with E-state index in [1.165, 1.54) is 6.26 Å². The Hall–Kier alpha value is -3.97. The van der Waals surface area contributed by atoms with Gasteiger partial charge in [0.1, 0.15) is 35.0 Å². The van der Waals surface area contributed by atoms with Crippen molar-refractivity contribution in [1.29, 1.82) is 0 Å². The topological polar surface area (TPSA) is 86.3 Å². The Morgan fingerprint density at radius 3 is 2.40 bits per heavy atom. The van der Waals surface area contributed by atoms with Gasteiger partial charge in [0.25, 0.3) is 0 Å². The number of carbonyl (C=O) groups is 1. The number of aliphatic carboxylic acids is 1. The molecule has 0 bridgehead atoms. The van der Waals surface area contributed by atoms with Crippen molar-refractivity contribution in [2.75, 3.05) is 6.61 Å². The molecule has 0 saturated heterocycles. The van der Waals surface area contributed by atoms with Crippen molar-refractivity contribution in [1.82, 2.24) is 5.48 Å². The van der Waals surface area contributed by atoms with Gasteiger partial charge in [0, 0.05) is 11.6 Å². The van der Waals surface area contributed by atoms with Crippen LogP contribution in [0.2, 0.25) is 0 Å². The van der Waals surface area contributed by atoms with Crippen LogP contribution in [0.1, 0.15) is 38.3 Å². The smallest absolute Gasteiger partial charge is 0.307 e. The summed E-state index contributed by atoms with van der Waals surface area (Å²) in [5, 5.41) is 9.22. The molecule has 0 heterocycles. The maximum atomic E-state index is 11.2. The van der Waals surface area contributed by atoms with Crippen molar-refractivity contribution < 1.29 is 28.9 Å². The lowest BCUT2D eigenvalue weighted by Crippen LogP contribution is -2.14. The zero-order valence-corrected chi connectivity index (χ0v) is 20.2. The number of benzene rings is 3. The maximum Gasteiger partial charge on any atom is 0.307 e. The van der Waals surface area contributed by atoms with E-state index in [2.05, 4.69) is 5.48 Å². The number of hydrogen-bond donors (Lipinski definition) is 2. The molecule has 3 aromatic carbocycles. The Morgan fingerprint density at radius 2 is 1.69 bits per heavy atom. The van der Waals surface area contributed by atoms with Crippen molar-refractivity contribution in [3.05, 3.63) is 90.2 Å². The number of carboxylic acid groups (broad SMARTS) is 1. The van der Waals surface area contributed by atoms with Gasteiger partial charge >= 0.3 is 5.97 Å². The van der Waals surface area contributed by atoms with Crippen molar-refractivity contribution in [3.63, 3.8) is 0 Å². The van der Waals surface area contributed by atoms with E-state index in [-0.39, 0.29) is 12.5 Å². The molecule has 0 aromatic heterocycles. The summed E-state index contributed by atoms with van der Waals surface area (Å²) in [5.74, 6) is 1.45. The van der Waals surface area contributed by atoms with E-state index in [1.807, 2.05) is 75.4 Å². The molecule has 3 aromatic rings. The maximum absolute atomic E-state index is 11.2. The number of hydroxylamine groups is 1. The molecular formula is C28H31NO6. The predicted molar refractivity (Wildman–Crippen MR) is 134 cm³/mol. The molecule has 3 rings (SSSR count). The van der Waals surface area contributed by atoms with E-state index in [9.17, 15) is 9.90 Å². The average Bonchev–Trinajstić information content (AvgIpc) is 2.81. The van der Waals surface area contributed by atoms with Crippen LogP contribution in [-0.2, 0) is 16.1 Å². The van der Waals surface area contributed by atoms with Gasteiger partial charge in [0.2, 0.25) is 0 Å². The van der Waals surface area contributed by atoms with Gasteiger partial charge in [-0.25, -0.2) is 0 Å². The summed E-state index contributed by atoms with van der Waals surface area (Å²) >= 11 is 0. The number of nitrogens with one attached hydrogen (secondary N) is 1. The van der Waals surface area contributed by atoms with E-state index in [1.54, 1.807) is 18.2 Å². The van der Waals surface area contributed by atoms with Gasteiger partial charge < -0.3 is 19.3 Å². The predicted octanol–water partition coefficient (Wildman–Crippen LogP) is 6.20. The highest BCUT2D eigenvalue weighted by Crippen LogP contribution is 2.27. The molecule has 0 unspecified atom stereocenters. The van der Waals surface area contributed by atoms with Gasteiger partial charge in [-0.1, -0.05) is 37.3 Å². The Balaban J connectivity index is 1.87. The first-order valence-electron chi connectivity index (χ1n) is 11.5. The van der Waals surface area contributed by atoms with E-state index >= 15 is 0 Å². The highest BCUT2D eigenvalue weighted by atomic mass is 16.6. The van der Waals surface area contributed by atoms with E-state index in [0.29, 0.717) is 35.1 Å². The highest BCUT2D eigenvalue weighted by Gasteiger charge is 2.10. The number of hydrogen-bond acceptors (Lipinski definition) is 6. The second-order valence-electron chi connectivity index (χ2n) is 8.09. The van der Waals surface area contributed by atoms with Gasteiger partial charge in [-0.2, -0.15) is 0 Å². The summed E-state index contributed by atoms with van der Waals surface area (Å²) < 4.78 is 17.7. The molecule has 0 aliphatic heterocycles. The Labute approximate surface area is 205 Å². The van der Waals surface area contributed by atoms with E-state index in [4.69, 9.17) is 19.0 Å². The fourth-order valence-electron chi connectivity index (χ4n) is 3.18. The lowest BCUT2D eigenvalue weighted by atomic mass is 10.1. The Kier molecular flexibility index (Phi) is 9.57. The summed E-state index contributed by atoms with van der Waals surface area (Å²) in [7, 11) is 0. The molecule has 0 aliphatic rings. The molecule has 0 atom stereocenters. The molecule has 0 amide bonds. The van der Waals surface area contributed by atoms with Gasteiger partial charge in [-0.05, 0) is 62.2 Å². The third kappa shape index (κ3) is 8.72. The lowest BCUT2D eigenvalue weighted by molar-refractivity contribution is -0.136. The molecule has 0 saturated carbocycles. The summed E-state index contributed by atoms with van der Waals surface area (Å²) in [4.78, 5) is 16.8. The molecule has 0 fully saturated rings. The molecule has 0 aliphatic carbocycles. The zero-order valence-electron chi connectivity index (χ0n) is 20.2. The molecule has 7 nitrogen and oxygen atoms in total. The zero-order chi connectivity index (χ0) is 25.0. The van der Waals surface area contributed by atoms with Gasteiger partial charge in [0.15, 0.2) is 0 Å². The Bertz CT molecular complexity index is 1130. The van der Waals surface area contributed by atoms with Crippen LogP contribution in [-0.4, -0.2) is 23.8 Å². The van der Waals surface area contributed by atoms with Crippen LogP contribution in [0.3, 0.4) is 0 Å². The molecule has 184 valence electrons. The minimum atomic E-state index is -0.932. The first-order chi connectivity index (χ1) is 16.9. The van der Waals surface area contributed by atoms with Crippen LogP contribution in [0.15, 0.2) is 79.1 Å². The highest BCUT2D eigenvalue weighted by molar-refractivity contribution is 5.70. The lowest BCUT2D eigenvalue weighted by Gasteiger charge is -2.15. The second kappa shape index (κ2) is 13.1. The average molecular weight is 478 g/mol. The number of ether oxygens (including phenoxy) is 3. The Morgan fingerprint density at radius 1 is 0.943 bits per heavy atom. The number of carboxylic acids is 1. The first-order valence-corrected chi connectivity index (χ1v) is 11.5. The third-order valence-electron chi connectivity index (χ3n) is 4.59. The van der Waals surface area contributed by atoms with Crippen molar-refractivity contribution in [3.8, 4) is 23.0 Å². The van der Waals surface area contributed by atoms with Crippen LogP contribution < -0.4 is 19.7 Å². The van der Waals surface area contributed by atoms with E-state index < -0.39 is 5.97 Å². The second-order valence-corrected chi connectivity index (χ2v) is 8.09. The van der Waals surface area contributed by atoms with Crippen molar-refractivity contribution in [2.45, 2.75) is 39.7 Å². The quantitative estimate of drug-likeness (QED) is 0.172. The molecule has 0 radical (unpaired) electrons. The normalized spacial score (nSPS) is 11.3. The number of rotatable bonds is 13. The van der Waals surface area contributed by atoms with Crippen molar-refractivity contribution in [2.24, 2.45) is 0 Å². The minimum absolute atomic E-state index is 0.0644. The minimum Gasteiger partial charge on any atom is -0.491 e. The monoisotopic (exact) mass is 477 g/mol. The standard InChI is InChI=1S/C28H31NO6/c1-4-13-33-29-27(22-9-8-12-24(17-22)35-23-10-6-5-7-11-23)19-32-25-14-21(16-28(30)31)15-26(18-25)34-20(2)3/h5-12,14-15,17-20,29H,4,13,16H2,1-3H3,(H,30,31). The molecular weight excluding hydrogens is 446 g/mol. The molecule has 35 heavy (non-hydrogen) atoms. The van der Waals surface area contributed by atoms with Crippen LogP contribution in [0.25, 0.3) is 5.70 Å². The third-order valence-corrected chi connectivity index (χ3v) is 4.59. The molecule has 0 spiro atoms. The van der Waals surface area contributed by atoms with Gasteiger partial charge in [-0.15, -0.1) is 0 Å². The SMILES string of the molecule is CCCONC(=COc1cc(CC(=O)O)cc(OC(C)C)c1)c1cccc(Oc2ccccc2)c1. The largest absolute Gasteiger partial charge is 0.491 e. The van der Waals surface area contributed by atoms with Crippen LogP contribution in [0.4, 0.5) is 0 Å². The fraction of sp³-hybridized carbons (Fsp3) is 0.250. The molecule has 7 heteroatoms. The molecule has 2 N–H and O–H groups in total. The summed E-state index contributed by atoms with van der Waals surface area (Å²) in [5.41, 5.74) is 4.89. The number of para-hydroxylation sites is 1. The summed E-state index contributed by atoms with van der Waals surface area (Å²) in [6, 6.07) is 22.2. The van der Waals surface area contributed by atoms with E-state index in [0.717, 1.165) is 17.7 Å². The summed E-state index contributed by atoms with van der Waals surface area (Å²) in [6.07, 6.45) is 2.16. The van der Waals surface area contributed by atoms with Gasteiger partial charge in [0.05, 0.1) is 19.1 Å². The van der Waals surface area contributed by atoms with Crippen LogP contribution in [0.5, 0.6) is 23.0 Å². The van der Waals surface area contributed by atoms with Gasteiger partial charge in [-0.3, -0.25) is 15.1 Å². The van der Waals surface area contributed by atoms with Crippen molar-refractivity contribution >= 4 is 11.7 Å². The summed E-state index contributed by atoms with van der Waals surface area (Å²) in [6.45, 7) is 6.34. The van der Waals surface area contributed by atoms with Crippen LogP contribution in [0, 0.1) is 0 Å². The van der Waals surface area contributed by atoms with Crippen LogP contribution >= 0.6 is 0 Å². The fourth-order valence-corrected chi connectivity index (χ4v) is 3.18. The first kappa shape index (κ1) is 25.6.